The van der Waals surface area contributed by atoms with Crippen molar-refractivity contribution >= 4 is 0 Å². The van der Waals surface area contributed by atoms with Crippen LogP contribution in [0, 0.1) is 5.92 Å². The van der Waals surface area contributed by atoms with Crippen molar-refractivity contribution in [3.05, 3.63) is 11.7 Å². The minimum atomic E-state index is -0.372. The number of nitrogens with zero attached hydrogens (tertiary/aromatic N) is 2. The Morgan fingerprint density at radius 2 is 2.10 bits per heavy atom. The fraction of sp³-hybridized carbons (Fsp3) is 0.875. The SMILES string of the molecule is CCCNC(C)C(c1nc(C2(C)CCCO2)no1)C(C)C. The Kier molecular flexibility index (Phi) is 5.38. The molecule has 0 saturated carbocycles. The molecule has 1 fully saturated rings. The summed E-state index contributed by atoms with van der Waals surface area (Å²) in [6, 6.07) is 0.315. The minimum Gasteiger partial charge on any atom is -0.367 e. The van der Waals surface area contributed by atoms with Crippen LogP contribution in [0.25, 0.3) is 0 Å². The van der Waals surface area contributed by atoms with Gasteiger partial charge in [-0.05, 0) is 45.6 Å². The Morgan fingerprint density at radius 3 is 2.67 bits per heavy atom. The molecule has 1 saturated heterocycles. The zero-order valence-corrected chi connectivity index (χ0v) is 14.0. The highest BCUT2D eigenvalue weighted by Gasteiger charge is 2.38. The van der Waals surface area contributed by atoms with E-state index in [1.165, 1.54) is 0 Å². The van der Waals surface area contributed by atoms with Gasteiger partial charge in [0.1, 0.15) is 5.60 Å². The Morgan fingerprint density at radius 1 is 1.33 bits per heavy atom. The molecule has 5 nitrogen and oxygen atoms in total. The van der Waals surface area contributed by atoms with E-state index in [0.717, 1.165) is 38.3 Å². The lowest BCUT2D eigenvalue weighted by Crippen LogP contribution is -2.35. The van der Waals surface area contributed by atoms with Crippen molar-refractivity contribution in [1.29, 1.82) is 0 Å². The van der Waals surface area contributed by atoms with Crippen LogP contribution in [0.15, 0.2) is 4.52 Å². The highest BCUT2D eigenvalue weighted by atomic mass is 16.5. The predicted octanol–water partition coefficient (Wildman–Crippen LogP) is 3.22. The van der Waals surface area contributed by atoms with Gasteiger partial charge in [-0.25, -0.2) is 0 Å². The van der Waals surface area contributed by atoms with Gasteiger partial charge in [-0.2, -0.15) is 4.98 Å². The normalized spacial score (nSPS) is 25.4. The molecule has 0 aromatic carbocycles. The third kappa shape index (κ3) is 3.64. The lowest BCUT2D eigenvalue weighted by Gasteiger charge is -2.25. The summed E-state index contributed by atoms with van der Waals surface area (Å²) in [5, 5.41) is 7.74. The van der Waals surface area contributed by atoms with Crippen molar-refractivity contribution in [2.24, 2.45) is 5.92 Å². The summed E-state index contributed by atoms with van der Waals surface area (Å²) in [4.78, 5) is 4.67. The molecule has 0 amide bonds. The van der Waals surface area contributed by atoms with E-state index < -0.39 is 0 Å². The zero-order valence-electron chi connectivity index (χ0n) is 14.0. The molecule has 2 heterocycles. The molecular weight excluding hydrogens is 266 g/mol. The third-order valence-corrected chi connectivity index (χ3v) is 4.39. The average Bonchev–Trinajstić information content (AvgIpc) is 3.06. The van der Waals surface area contributed by atoms with Crippen LogP contribution < -0.4 is 5.32 Å². The van der Waals surface area contributed by atoms with E-state index in [-0.39, 0.29) is 11.5 Å². The minimum absolute atomic E-state index is 0.225. The number of ether oxygens (including phenoxy) is 1. The van der Waals surface area contributed by atoms with Gasteiger partial charge in [0, 0.05) is 12.6 Å². The van der Waals surface area contributed by atoms with Crippen LogP contribution >= 0.6 is 0 Å². The summed E-state index contributed by atoms with van der Waals surface area (Å²) in [6.07, 6.45) is 3.14. The van der Waals surface area contributed by atoms with Crippen molar-refractivity contribution in [2.45, 2.75) is 71.4 Å². The fourth-order valence-corrected chi connectivity index (χ4v) is 3.12. The fourth-order valence-electron chi connectivity index (χ4n) is 3.12. The molecule has 0 radical (unpaired) electrons. The van der Waals surface area contributed by atoms with E-state index in [1.54, 1.807) is 0 Å². The molecule has 1 aliphatic heterocycles. The molecule has 2 rings (SSSR count). The quantitative estimate of drug-likeness (QED) is 0.837. The molecule has 120 valence electrons. The van der Waals surface area contributed by atoms with Crippen LogP contribution in [0.5, 0.6) is 0 Å². The largest absolute Gasteiger partial charge is 0.367 e. The van der Waals surface area contributed by atoms with Gasteiger partial charge in [0.25, 0.3) is 0 Å². The van der Waals surface area contributed by atoms with Gasteiger partial charge in [0.15, 0.2) is 0 Å². The first-order valence-corrected chi connectivity index (χ1v) is 8.19. The molecule has 3 atom stereocenters. The standard InChI is InChI=1S/C16H29N3O2/c1-6-9-17-12(4)13(11(2)3)14-18-15(19-21-14)16(5)8-7-10-20-16/h11-13,17H,6-10H2,1-5H3. The second kappa shape index (κ2) is 6.88. The number of aromatic nitrogens is 2. The first-order chi connectivity index (χ1) is 9.98. The molecule has 1 aliphatic rings. The Bertz CT molecular complexity index is 438. The van der Waals surface area contributed by atoms with Gasteiger partial charge in [-0.3, -0.25) is 0 Å². The Balaban J connectivity index is 2.16. The van der Waals surface area contributed by atoms with Gasteiger partial charge < -0.3 is 14.6 Å². The van der Waals surface area contributed by atoms with Gasteiger partial charge in [-0.15, -0.1) is 0 Å². The van der Waals surface area contributed by atoms with E-state index in [2.05, 4.69) is 50.1 Å². The van der Waals surface area contributed by atoms with Crippen molar-refractivity contribution in [3.63, 3.8) is 0 Å². The van der Waals surface area contributed by atoms with Crippen molar-refractivity contribution in [3.8, 4) is 0 Å². The zero-order chi connectivity index (χ0) is 15.5. The van der Waals surface area contributed by atoms with E-state index in [1.807, 2.05) is 0 Å². The Labute approximate surface area is 127 Å². The summed E-state index contributed by atoms with van der Waals surface area (Å²) in [6.45, 7) is 12.6. The molecule has 0 spiro atoms. The number of hydrogen-bond donors (Lipinski definition) is 1. The van der Waals surface area contributed by atoms with E-state index in [4.69, 9.17) is 9.26 Å². The maximum atomic E-state index is 5.80. The second-order valence-electron chi connectivity index (χ2n) is 6.65. The summed E-state index contributed by atoms with van der Waals surface area (Å²) in [5.74, 6) is 2.09. The van der Waals surface area contributed by atoms with Crippen LogP contribution in [-0.2, 0) is 10.3 Å². The lowest BCUT2D eigenvalue weighted by molar-refractivity contribution is 0.00768. The third-order valence-electron chi connectivity index (χ3n) is 4.39. The highest BCUT2D eigenvalue weighted by molar-refractivity contribution is 5.06. The van der Waals surface area contributed by atoms with Gasteiger partial charge in [0.2, 0.25) is 11.7 Å². The summed E-state index contributed by atoms with van der Waals surface area (Å²) in [5.41, 5.74) is -0.372. The van der Waals surface area contributed by atoms with E-state index in [0.29, 0.717) is 17.8 Å². The predicted molar refractivity (Wildman–Crippen MR) is 82.2 cm³/mol. The molecule has 3 unspecified atom stereocenters. The monoisotopic (exact) mass is 295 g/mol. The topological polar surface area (TPSA) is 60.2 Å². The van der Waals surface area contributed by atoms with Crippen molar-refractivity contribution < 1.29 is 9.26 Å². The van der Waals surface area contributed by atoms with E-state index in [9.17, 15) is 0 Å². The van der Waals surface area contributed by atoms with Crippen LogP contribution in [0.4, 0.5) is 0 Å². The van der Waals surface area contributed by atoms with Crippen LogP contribution in [0.1, 0.15) is 71.5 Å². The average molecular weight is 295 g/mol. The summed E-state index contributed by atoms with van der Waals surface area (Å²) in [7, 11) is 0. The molecule has 1 aromatic rings. The molecule has 0 bridgehead atoms. The molecule has 1 N–H and O–H groups in total. The smallest absolute Gasteiger partial charge is 0.231 e. The maximum Gasteiger partial charge on any atom is 0.231 e. The first-order valence-electron chi connectivity index (χ1n) is 8.19. The van der Waals surface area contributed by atoms with Gasteiger partial charge in [0.05, 0.1) is 5.92 Å². The molecule has 5 heteroatoms. The lowest BCUT2D eigenvalue weighted by atomic mass is 9.89. The molecule has 1 aromatic heterocycles. The number of nitrogens with one attached hydrogen (secondary N) is 1. The second-order valence-corrected chi connectivity index (χ2v) is 6.65. The summed E-state index contributed by atoms with van der Waals surface area (Å²) >= 11 is 0. The summed E-state index contributed by atoms with van der Waals surface area (Å²) < 4.78 is 11.4. The van der Waals surface area contributed by atoms with Crippen molar-refractivity contribution in [2.75, 3.05) is 13.2 Å². The maximum absolute atomic E-state index is 5.80. The number of rotatable bonds is 7. The molecular formula is C16H29N3O2. The molecule has 21 heavy (non-hydrogen) atoms. The first kappa shape index (κ1) is 16.4. The van der Waals surface area contributed by atoms with E-state index >= 15 is 0 Å². The van der Waals surface area contributed by atoms with Crippen molar-refractivity contribution in [1.82, 2.24) is 15.5 Å². The van der Waals surface area contributed by atoms with Crippen LogP contribution in [-0.4, -0.2) is 29.3 Å². The highest BCUT2D eigenvalue weighted by Crippen LogP contribution is 2.35. The Hall–Kier alpha value is -0.940. The van der Waals surface area contributed by atoms with Gasteiger partial charge >= 0.3 is 0 Å². The van der Waals surface area contributed by atoms with Crippen LogP contribution in [0.3, 0.4) is 0 Å². The van der Waals surface area contributed by atoms with Crippen LogP contribution in [0.2, 0.25) is 0 Å². The van der Waals surface area contributed by atoms with Gasteiger partial charge in [-0.1, -0.05) is 25.9 Å². The number of hydrogen-bond acceptors (Lipinski definition) is 5. The molecule has 0 aliphatic carbocycles.